The van der Waals surface area contributed by atoms with Gasteiger partial charge in [-0.3, -0.25) is 4.79 Å². The Bertz CT molecular complexity index is 386. The molecule has 0 radical (unpaired) electrons. The molecule has 0 saturated heterocycles. The van der Waals surface area contributed by atoms with Crippen LogP contribution in [0.5, 0.6) is 0 Å². The minimum Gasteiger partial charge on any atom is -0.325 e. The number of rotatable bonds is 3. The molecule has 1 aromatic carbocycles. The van der Waals surface area contributed by atoms with Gasteiger partial charge in [-0.2, -0.15) is 0 Å². The standard InChI is InChI=1S/C13H20N2O/c1-8(2)12(14)13(16)15-11-6-5-9(3)10(4)7-11/h5-8,12H,14H2,1-4H3,(H,15,16). The number of nitrogens with one attached hydrogen (secondary N) is 1. The summed E-state index contributed by atoms with van der Waals surface area (Å²) >= 11 is 0. The van der Waals surface area contributed by atoms with Gasteiger partial charge in [-0.15, -0.1) is 0 Å². The molecule has 0 saturated carbocycles. The molecule has 1 rings (SSSR count). The molecule has 0 aliphatic rings. The molecular weight excluding hydrogens is 200 g/mol. The zero-order chi connectivity index (χ0) is 12.3. The van der Waals surface area contributed by atoms with Gasteiger partial charge in [0.2, 0.25) is 5.91 Å². The zero-order valence-corrected chi connectivity index (χ0v) is 10.4. The highest BCUT2D eigenvalue weighted by molar-refractivity contribution is 5.94. The normalized spacial score (nSPS) is 12.6. The highest BCUT2D eigenvalue weighted by Gasteiger charge is 2.17. The molecular formula is C13H20N2O. The van der Waals surface area contributed by atoms with Crippen molar-refractivity contribution in [2.45, 2.75) is 33.7 Å². The molecule has 3 nitrogen and oxygen atoms in total. The summed E-state index contributed by atoms with van der Waals surface area (Å²) in [6.07, 6.45) is 0. The SMILES string of the molecule is Cc1ccc(NC(=O)C(N)C(C)C)cc1C. The van der Waals surface area contributed by atoms with Crippen molar-refractivity contribution in [3.63, 3.8) is 0 Å². The third-order valence-corrected chi connectivity index (χ3v) is 2.80. The first-order chi connectivity index (χ1) is 7.41. The van der Waals surface area contributed by atoms with Crippen LogP contribution in [0, 0.1) is 19.8 Å². The number of benzene rings is 1. The Morgan fingerprint density at radius 1 is 1.25 bits per heavy atom. The molecule has 88 valence electrons. The third-order valence-electron chi connectivity index (χ3n) is 2.80. The van der Waals surface area contributed by atoms with E-state index in [0.29, 0.717) is 0 Å². The fourth-order valence-electron chi connectivity index (χ4n) is 1.35. The predicted octanol–water partition coefficient (Wildman–Crippen LogP) is 2.23. The van der Waals surface area contributed by atoms with Crippen molar-refractivity contribution in [1.29, 1.82) is 0 Å². The van der Waals surface area contributed by atoms with E-state index in [1.165, 1.54) is 5.56 Å². The maximum Gasteiger partial charge on any atom is 0.241 e. The summed E-state index contributed by atoms with van der Waals surface area (Å²) < 4.78 is 0. The van der Waals surface area contributed by atoms with Gasteiger partial charge in [-0.1, -0.05) is 19.9 Å². The first kappa shape index (κ1) is 12.7. The van der Waals surface area contributed by atoms with E-state index in [1.807, 2.05) is 45.9 Å². The Morgan fingerprint density at radius 2 is 1.88 bits per heavy atom. The predicted molar refractivity (Wildman–Crippen MR) is 67.4 cm³/mol. The smallest absolute Gasteiger partial charge is 0.241 e. The van der Waals surface area contributed by atoms with Crippen molar-refractivity contribution < 1.29 is 4.79 Å². The lowest BCUT2D eigenvalue weighted by Gasteiger charge is -2.15. The van der Waals surface area contributed by atoms with Crippen LogP contribution in [0.4, 0.5) is 5.69 Å². The maximum absolute atomic E-state index is 11.7. The van der Waals surface area contributed by atoms with Crippen molar-refractivity contribution in [2.24, 2.45) is 11.7 Å². The molecule has 0 spiro atoms. The number of aryl methyl sites for hydroxylation is 2. The fraction of sp³-hybridized carbons (Fsp3) is 0.462. The van der Waals surface area contributed by atoms with Gasteiger partial charge in [0, 0.05) is 5.69 Å². The van der Waals surface area contributed by atoms with E-state index in [-0.39, 0.29) is 11.8 Å². The topological polar surface area (TPSA) is 55.1 Å². The minimum absolute atomic E-state index is 0.127. The number of carbonyl (C=O) groups is 1. The Kier molecular flexibility index (Phi) is 4.07. The van der Waals surface area contributed by atoms with Gasteiger partial charge in [-0.05, 0) is 43.0 Å². The molecule has 0 aliphatic carbocycles. The number of hydrogen-bond acceptors (Lipinski definition) is 2. The second-order valence-corrected chi connectivity index (χ2v) is 4.56. The van der Waals surface area contributed by atoms with Crippen molar-refractivity contribution in [3.8, 4) is 0 Å². The summed E-state index contributed by atoms with van der Waals surface area (Å²) in [6.45, 7) is 7.93. The summed E-state index contributed by atoms with van der Waals surface area (Å²) in [5.41, 5.74) is 8.95. The highest BCUT2D eigenvalue weighted by Crippen LogP contribution is 2.14. The summed E-state index contributed by atoms with van der Waals surface area (Å²) in [5.74, 6) is 0.0183. The lowest BCUT2D eigenvalue weighted by molar-refractivity contribution is -0.118. The summed E-state index contributed by atoms with van der Waals surface area (Å²) in [7, 11) is 0. The summed E-state index contributed by atoms with van der Waals surface area (Å²) in [4.78, 5) is 11.7. The van der Waals surface area contributed by atoms with Gasteiger partial charge in [0.05, 0.1) is 6.04 Å². The number of nitrogens with two attached hydrogens (primary N) is 1. The molecule has 3 heteroatoms. The first-order valence-electron chi connectivity index (χ1n) is 5.55. The molecule has 1 atom stereocenters. The molecule has 0 aliphatic heterocycles. The Hall–Kier alpha value is -1.35. The molecule has 16 heavy (non-hydrogen) atoms. The molecule has 0 fully saturated rings. The van der Waals surface area contributed by atoms with Crippen molar-refractivity contribution in [1.82, 2.24) is 0 Å². The van der Waals surface area contributed by atoms with E-state index in [9.17, 15) is 4.79 Å². The molecule has 0 heterocycles. The average Bonchev–Trinajstić information content (AvgIpc) is 2.22. The van der Waals surface area contributed by atoms with Crippen LogP contribution in [0.15, 0.2) is 18.2 Å². The van der Waals surface area contributed by atoms with Crippen LogP contribution >= 0.6 is 0 Å². The van der Waals surface area contributed by atoms with Crippen LogP contribution in [-0.2, 0) is 4.79 Å². The first-order valence-corrected chi connectivity index (χ1v) is 5.55. The monoisotopic (exact) mass is 220 g/mol. The van der Waals surface area contributed by atoms with Crippen molar-refractivity contribution >= 4 is 11.6 Å². The van der Waals surface area contributed by atoms with Crippen LogP contribution < -0.4 is 11.1 Å². The minimum atomic E-state index is -0.457. The molecule has 0 bridgehead atoms. The lowest BCUT2D eigenvalue weighted by atomic mass is 10.0. The van der Waals surface area contributed by atoms with Crippen LogP contribution in [-0.4, -0.2) is 11.9 Å². The van der Waals surface area contributed by atoms with Gasteiger partial charge >= 0.3 is 0 Å². The van der Waals surface area contributed by atoms with Gasteiger partial charge < -0.3 is 11.1 Å². The van der Waals surface area contributed by atoms with Crippen LogP contribution in [0.25, 0.3) is 0 Å². The number of anilines is 1. The Morgan fingerprint density at radius 3 is 2.38 bits per heavy atom. The van der Waals surface area contributed by atoms with E-state index in [1.54, 1.807) is 0 Å². The lowest BCUT2D eigenvalue weighted by Crippen LogP contribution is -2.39. The zero-order valence-electron chi connectivity index (χ0n) is 10.4. The largest absolute Gasteiger partial charge is 0.325 e. The van der Waals surface area contributed by atoms with Crippen LogP contribution in [0.2, 0.25) is 0 Å². The third kappa shape index (κ3) is 3.07. The van der Waals surface area contributed by atoms with E-state index < -0.39 is 6.04 Å². The fourth-order valence-corrected chi connectivity index (χ4v) is 1.35. The van der Waals surface area contributed by atoms with Crippen LogP contribution in [0.3, 0.4) is 0 Å². The second-order valence-electron chi connectivity index (χ2n) is 4.56. The Labute approximate surface area is 97.0 Å². The summed E-state index contributed by atoms with van der Waals surface area (Å²) in [6, 6.07) is 5.39. The van der Waals surface area contributed by atoms with Gasteiger partial charge in [0.1, 0.15) is 0 Å². The highest BCUT2D eigenvalue weighted by atomic mass is 16.2. The van der Waals surface area contributed by atoms with E-state index in [0.717, 1.165) is 11.3 Å². The van der Waals surface area contributed by atoms with Gasteiger partial charge in [0.15, 0.2) is 0 Å². The van der Waals surface area contributed by atoms with Gasteiger partial charge in [0.25, 0.3) is 0 Å². The van der Waals surface area contributed by atoms with Crippen molar-refractivity contribution in [3.05, 3.63) is 29.3 Å². The molecule has 1 amide bonds. The Balaban J connectivity index is 2.74. The van der Waals surface area contributed by atoms with Crippen LogP contribution in [0.1, 0.15) is 25.0 Å². The summed E-state index contributed by atoms with van der Waals surface area (Å²) in [5, 5.41) is 2.83. The van der Waals surface area contributed by atoms with E-state index in [4.69, 9.17) is 5.73 Å². The molecule has 3 N–H and O–H groups in total. The molecule has 1 aromatic rings. The number of amides is 1. The number of carbonyl (C=O) groups excluding carboxylic acids is 1. The quantitative estimate of drug-likeness (QED) is 0.820. The number of hydrogen-bond donors (Lipinski definition) is 2. The second kappa shape index (κ2) is 5.12. The molecule has 0 aromatic heterocycles. The maximum atomic E-state index is 11.7. The molecule has 1 unspecified atom stereocenters. The average molecular weight is 220 g/mol. The van der Waals surface area contributed by atoms with E-state index >= 15 is 0 Å². The van der Waals surface area contributed by atoms with Crippen molar-refractivity contribution in [2.75, 3.05) is 5.32 Å². The van der Waals surface area contributed by atoms with E-state index in [2.05, 4.69) is 5.32 Å². The van der Waals surface area contributed by atoms with Gasteiger partial charge in [-0.25, -0.2) is 0 Å².